The summed E-state index contributed by atoms with van der Waals surface area (Å²) in [4.78, 5) is 13.4. The first-order chi connectivity index (χ1) is 6.96. The van der Waals surface area contributed by atoms with Crippen LogP contribution in [0.4, 0.5) is 5.69 Å². The molecule has 1 aromatic rings. The average Bonchev–Trinajstić information content (AvgIpc) is 2.24. The van der Waals surface area contributed by atoms with Crippen LogP contribution in [0.25, 0.3) is 0 Å². The Balaban J connectivity index is 2.66. The average molecular weight is 333 g/mol. The Morgan fingerprint density at radius 1 is 1.40 bits per heavy atom. The second-order valence-electron chi connectivity index (χ2n) is 3.85. The lowest BCUT2D eigenvalue weighted by Crippen LogP contribution is -2.47. The monoisotopic (exact) mass is 331 g/mol. The zero-order valence-electron chi connectivity index (χ0n) is 8.50. The summed E-state index contributed by atoms with van der Waals surface area (Å²) < 4.78 is -0.340. The Labute approximate surface area is 106 Å². The molecule has 0 fully saturated rings. The molecule has 0 spiro atoms. The van der Waals surface area contributed by atoms with Gasteiger partial charge in [0, 0.05) is 12.7 Å². The molecule has 0 aromatic heterocycles. The zero-order valence-corrected chi connectivity index (χ0v) is 11.7. The van der Waals surface area contributed by atoms with E-state index in [4.69, 9.17) is 0 Å². The molecule has 0 saturated carbocycles. The second-order valence-corrected chi connectivity index (χ2v) is 6.42. The second kappa shape index (κ2) is 3.59. The Morgan fingerprint density at radius 2 is 2.00 bits per heavy atom. The SMILES string of the molecule is CN1C(=O)C(Br)C(C)(Br)c2ccccc21. The minimum atomic E-state index is -0.340. The first kappa shape index (κ1) is 11.1. The van der Waals surface area contributed by atoms with Gasteiger partial charge >= 0.3 is 0 Å². The fourth-order valence-corrected chi connectivity index (χ4v) is 2.92. The maximum absolute atomic E-state index is 12.0. The van der Waals surface area contributed by atoms with Crippen molar-refractivity contribution in [3.05, 3.63) is 29.8 Å². The maximum Gasteiger partial charge on any atom is 0.242 e. The lowest BCUT2D eigenvalue weighted by molar-refractivity contribution is -0.118. The van der Waals surface area contributed by atoms with E-state index in [0.29, 0.717) is 0 Å². The predicted octanol–water partition coefficient (Wildman–Crippen LogP) is 3.04. The first-order valence-electron chi connectivity index (χ1n) is 4.66. The van der Waals surface area contributed by atoms with Crippen molar-refractivity contribution in [2.24, 2.45) is 0 Å². The molecule has 2 atom stereocenters. The molecule has 0 radical (unpaired) electrons. The van der Waals surface area contributed by atoms with Crippen LogP contribution in [0.5, 0.6) is 0 Å². The number of nitrogens with zero attached hydrogens (tertiary/aromatic N) is 1. The van der Waals surface area contributed by atoms with E-state index in [0.717, 1.165) is 11.3 Å². The lowest BCUT2D eigenvalue weighted by atomic mass is 9.91. The highest BCUT2D eigenvalue weighted by Crippen LogP contribution is 2.46. The molecular formula is C11H11Br2NO. The van der Waals surface area contributed by atoms with Crippen LogP contribution in [0.15, 0.2) is 24.3 Å². The highest BCUT2D eigenvalue weighted by molar-refractivity contribution is 9.12. The summed E-state index contributed by atoms with van der Waals surface area (Å²) in [6.07, 6.45) is 0. The third-order valence-electron chi connectivity index (χ3n) is 2.82. The molecule has 1 amide bonds. The van der Waals surface area contributed by atoms with Crippen LogP contribution < -0.4 is 4.90 Å². The van der Waals surface area contributed by atoms with Crippen LogP contribution in [0, 0.1) is 0 Å². The molecular weight excluding hydrogens is 322 g/mol. The molecule has 15 heavy (non-hydrogen) atoms. The van der Waals surface area contributed by atoms with Gasteiger partial charge in [-0.3, -0.25) is 4.79 Å². The quantitative estimate of drug-likeness (QED) is 0.669. The Kier molecular flexibility index (Phi) is 2.67. The molecule has 0 bridgehead atoms. The predicted molar refractivity (Wildman–Crippen MR) is 68.8 cm³/mol. The van der Waals surface area contributed by atoms with Gasteiger partial charge in [-0.15, -0.1) is 0 Å². The van der Waals surface area contributed by atoms with Gasteiger partial charge in [0.1, 0.15) is 4.83 Å². The number of alkyl halides is 2. The molecule has 2 unspecified atom stereocenters. The number of fused-ring (bicyclic) bond motifs is 1. The largest absolute Gasteiger partial charge is 0.314 e. The van der Waals surface area contributed by atoms with Crippen molar-refractivity contribution >= 4 is 43.5 Å². The van der Waals surface area contributed by atoms with Crippen molar-refractivity contribution in [2.75, 3.05) is 11.9 Å². The van der Waals surface area contributed by atoms with Crippen molar-refractivity contribution in [1.29, 1.82) is 0 Å². The molecule has 2 rings (SSSR count). The van der Waals surface area contributed by atoms with Gasteiger partial charge in [0.05, 0.1) is 4.32 Å². The maximum atomic E-state index is 12.0. The van der Waals surface area contributed by atoms with Gasteiger partial charge in [-0.25, -0.2) is 0 Å². The number of para-hydroxylation sites is 1. The van der Waals surface area contributed by atoms with Gasteiger partial charge in [-0.2, -0.15) is 0 Å². The number of hydrogen-bond donors (Lipinski definition) is 0. The molecule has 1 aliphatic heterocycles. The van der Waals surface area contributed by atoms with Crippen molar-refractivity contribution in [1.82, 2.24) is 0 Å². The van der Waals surface area contributed by atoms with Gasteiger partial charge in [0.15, 0.2) is 0 Å². The summed E-state index contributed by atoms with van der Waals surface area (Å²) >= 11 is 7.08. The van der Waals surface area contributed by atoms with Gasteiger partial charge in [0.2, 0.25) is 5.91 Å². The van der Waals surface area contributed by atoms with Crippen LogP contribution in [0.2, 0.25) is 0 Å². The highest BCUT2D eigenvalue weighted by Gasteiger charge is 2.44. The molecule has 0 N–H and O–H groups in total. The zero-order chi connectivity index (χ0) is 11.2. The van der Waals surface area contributed by atoms with E-state index in [1.807, 2.05) is 31.2 Å². The molecule has 4 heteroatoms. The molecule has 1 heterocycles. The number of anilines is 1. The number of carbonyl (C=O) groups excluding carboxylic acids is 1. The van der Waals surface area contributed by atoms with Gasteiger partial charge < -0.3 is 4.90 Å². The summed E-state index contributed by atoms with van der Waals surface area (Å²) in [7, 11) is 1.80. The van der Waals surface area contributed by atoms with E-state index >= 15 is 0 Å². The van der Waals surface area contributed by atoms with E-state index in [-0.39, 0.29) is 15.1 Å². The van der Waals surface area contributed by atoms with Gasteiger partial charge in [-0.05, 0) is 18.6 Å². The molecule has 2 nitrogen and oxygen atoms in total. The van der Waals surface area contributed by atoms with Crippen LogP contribution in [0.3, 0.4) is 0 Å². The summed E-state index contributed by atoms with van der Waals surface area (Å²) in [6.45, 7) is 2.01. The van der Waals surface area contributed by atoms with E-state index < -0.39 is 0 Å². The Morgan fingerprint density at radius 3 is 2.67 bits per heavy atom. The number of halogens is 2. The lowest BCUT2D eigenvalue weighted by Gasteiger charge is -2.39. The highest BCUT2D eigenvalue weighted by atomic mass is 79.9. The van der Waals surface area contributed by atoms with Crippen molar-refractivity contribution in [3.63, 3.8) is 0 Å². The third-order valence-corrected chi connectivity index (χ3v) is 5.62. The van der Waals surface area contributed by atoms with Crippen LogP contribution in [0.1, 0.15) is 12.5 Å². The van der Waals surface area contributed by atoms with Gasteiger partial charge in [-0.1, -0.05) is 50.1 Å². The van der Waals surface area contributed by atoms with Crippen LogP contribution in [-0.2, 0) is 9.12 Å². The van der Waals surface area contributed by atoms with Crippen molar-refractivity contribution in [2.45, 2.75) is 16.1 Å². The topological polar surface area (TPSA) is 20.3 Å². The summed E-state index contributed by atoms with van der Waals surface area (Å²) in [6, 6.07) is 7.94. The van der Waals surface area contributed by atoms with Crippen LogP contribution >= 0.6 is 31.9 Å². The Hall–Kier alpha value is -0.350. The first-order valence-corrected chi connectivity index (χ1v) is 6.37. The third kappa shape index (κ3) is 1.54. The normalized spacial score (nSPS) is 30.3. The van der Waals surface area contributed by atoms with E-state index in [1.165, 1.54) is 0 Å². The molecule has 1 aromatic carbocycles. The smallest absolute Gasteiger partial charge is 0.242 e. The minimum Gasteiger partial charge on any atom is -0.314 e. The van der Waals surface area contributed by atoms with Crippen molar-refractivity contribution in [3.8, 4) is 0 Å². The number of rotatable bonds is 0. The van der Waals surface area contributed by atoms with Crippen LogP contribution in [-0.4, -0.2) is 17.8 Å². The van der Waals surface area contributed by atoms with E-state index in [9.17, 15) is 4.79 Å². The van der Waals surface area contributed by atoms with E-state index in [2.05, 4.69) is 31.9 Å². The summed E-state index contributed by atoms with van der Waals surface area (Å²) in [5.41, 5.74) is 2.10. The summed E-state index contributed by atoms with van der Waals surface area (Å²) in [5, 5.41) is 0. The van der Waals surface area contributed by atoms with Crippen molar-refractivity contribution < 1.29 is 4.79 Å². The standard InChI is InChI=1S/C11H11Br2NO/c1-11(13)7-5-3-4-6-8(7)14(2)10(15)9(11)12/h3-6,9H,1-2H3. The fraction of sp³-hybridized carbons (Fsp3) is 0.364. The number of hydrogen-bond acceptors (Lipinski definition) is 1. The molecule has 1 aliphatic rings. The summed E-state index contributed by atoms with van der Waals surface area (Å²) in [5.74, 6) is 0.0769. The minimum absolute atomic E-state index is 0.0769. The van der Waals surface area contributed by atoms with E-state index in [1.54, 1.807) is 11.9 Å². The molecule has 80 valence electrons. The number of amides is 1. The fourth-order valence-electron chi connectivity index (χ4n) is 1.84. The molecule has 0 saturated heterocycles. The number of benzene rings is 1. The molecule has 0 aliphatic carbocycles. The number of carbonyl (C=O) groups is 1. The Bertz CT molecular complexity index is 417. The van der Waals surface area contributed by atoms with Gasteiger partial charge in [0.25, 0.3) is 0 Å².